The fourth-order valence-corrected chi connectivity index (χ4v) is 4.20. The zero-order chi connectivity index (χ0) is 17.2. The van der Waals surface area contributed by atoms with Gasteiger partial charge < -0.3 is 5.32 Å². The van der Waals surface area contributed by atoms with Crippen molar-refractivity contribution >= 4 is 34.3 Å². The standard InChI is InChI=1S/C18H14N4OS2/c1-22-11-13(17(21-22)12-5-2-3-9-19-12)20-18(23)16-8-7-15(25-16)14-6-4-10-24-14/h2-11H,1H3,(H,20,23). The predicted octanol–water partition coefficient (Wildman–Crippen LogP) is 4.52. The van der Waals surface area contributed by atoms with Crippen molar-refractivity contribution in [2.45, 2.75) is 0 Å². The van der Waals surface area contributed by atoms with Gasteiger partial charge in [0.1, 0.15) is 5.69 Å². The van der Waals surface area contributed by atoms with Gasteiger partial charge in [0.2, 0.25) is 0 Å². The molecule has 1 N–H and O–H groups in total. The molecule has 0 aliphatic heterocycles. The van der Waals surface area contributed by atoms with Crippen LogP contribution in [0.3, 0.4) is 0 Å². The summed E-state index contributed by atoms with van der Waals surface area (Å²) in [5.41, 5.74) is 2.03. The van der Waals surface area contributed by atoms with Crippen LogP contribution in [0.2, 0.25) is 0 Å². The van der Waals surface area contributed by atoms with Gasteiger partial charge in [-0.05, 0) is 35.7 Å². The fourth-order valence-electron chi connectivity index (χ4n) is 2.47. The number of hydrogen-bond donors (Lipinski definition) is 1. The van der Waals surface area contributed by atoms with E-state index in [-0.39, 0.29) is 5.91 Å². The first-order chi connectivity index (χ1) is 12.2. The van der Waals surface area contributed by atoms with Crippen LogP contribution in [-0.4, -0.2) is 20.7 Å². The number of rotatable bonds is 4. The van der Waals surface area contributed by atoms with Crippen molar-refractivity contribution in [2.75, 3.05) is 5.32 Å². The van der Waals surface area contributed by atoms with Gasteiger partial charge in [-0.15, -0.1) is 22.7 Å². The van der Waals surface area contributed by atoms with E-state index in [2.05, 4.69) is 21.5 Å². The molecule has 4 aromatic rings. The Morgan fingerprint density at radius 3 is 2.80 bits per heavy atom. The molecule has 4 aromatic heterocycles. The average molecular weight is 366 g/mol. The van der Waals surface area contributed by atoms with E-state index in [1.165, 1.54) is 16.2 Å². The van der Waals surface area contributed by atoms with Crippen LogP contribution in [0.15, 0.2) is 60.2 Å². The van der Waals surface area contributed by atoms with Crippen LogP contribution in [0.1, 0.15) is 9.67 Å². The molecule has 0 radical (unpaired) electrons. The molecule has 25 heavy (non-hydrogen) atoms. The van der Waals surface area contributed by atoms with Gasteiger partial charge in [-0.25, -0.2) is 0 Å². The second kappa shape index (κ2) is 6.62. The second-order valence-corrected chi connectivity index (χ2v) is 7.41. The number of carbonyl (C=O) groups is 1. The lowest BCUT2D eigenvalue weighted by Crippen LogP contribution is -2.10. The van der Waals surface area contributed by atoms with E-state index in [0.717, 1.165) is 10.6 Å². The molecule has 4 heterocycles. The van der Waals surface area contributed by atoms with Crippen molar-refractivity contribution in [2.24, 2.45) is 7.05 Å². The smallest absolute Gasteiger partial charge is 0.265 e. The Balaban J connectivity index is 1.60. The number of nitrogens with one attached hydrogen (secondary N) is 1. The largest absolute Gasteiger partial charge is 0.318 e. The third-order valence-corrected chi connectivity index (χ3v) is 5.73. The Hall–Kier alpha value is -2.77. The average Bonchev–Trinajstić information content (AvgIpc) is 3.36. The molecule has 0 bridgehead atoms. The van der Waals surface area contributed by atoms with Crippen LogP contribution in [0.5, 0.6) is 0 Å². The summed E-state index contributed by atoms with van der Waals surface area (Å²) in [5, 5.41) is 9.41. The first-order valence-electron chi connectivity index (χ1n) is 7.61. The summed E-state index contributed by atoms with van der Waals surface area (Å²) in [4.78, 5) is 19.9. The zero-order valence-corrected chi connectivity index (χ0v) is 15.0. The van der Waals surface area contributed by atoms with Gasteiger partial charge in [0, 0.05) is 29.2 Å². The van der Waals surface area contributed by atoms with E-state index in [0.29, 0.717) is 16.3 Å². The number of pyridine rings is 1. The van der Waals surface area contributed by atoms with Gasteiger partial charge >= 0.3 is 0 Å². The number of carbonyl (C=O) groups excluding carboxylic acids is 1. The van der Waals surface area contributed by atoms with Crippen LogP contribution in [0.25, 0.3) is 21.1 Å². The predicted molar refractivity (Wildman–Crippen MR) is 102 cm³/mol. The third kappa shape index (κ3) is 3.24. The highest BCUT2D eigenvalue weighted by Crippen LogP contribution is 2.32. The monoisotopic (exact) mass is 366 g/mol. The molecule has 0 aliphatic carbocycles. The number of anilines is 1. The first kappa shape index (κ1) is 15.7. The molecule has 0 saturated carbocycles. The van der Waals surface area contributed by atoms with Crippen molar-refractivity contribution in [3.05, 3.63) is 65.1 Å². The Bertz CT molecular complexity index is 1000. The number of amides is 1. The summed E-state index contributed by atoms with van der Waals surface area (Å²) in [5.74, 6) is -0.141. The minimum Gasteiger partial charge on any atom is -0.318 e. The van der Waals surface area contributed by atoms with E-state index in [1.54, 1.807) is 28.4 Å². The van der Waals surface area contributed by atoms with Crippen LogP contribution in [-0.2, 0) is 7.05 Å². The van der Waals surface area contributed by atoms with E-state index >= 15 is 0 Å². The normalized spacial score (nSPS) is 10.8. The summed E-state index contributed by atoms with van der Waals surface area (Å²) in [6.07, 6.45) is 3.50. The first-order valence-corrected chi connectivity index (χ1v) is 9.30. The molecular formula is C18H14N4OS2. The number of nitrogens with zero attached hydrogens (tertiary/aromatic N) is 3. The molecule has 0 aromatic carbocycles. The van der Waals surface area contributed by atoms with Gasteiger partial charge in [-0.2, -0.15) is 5.10 Å². The van der Waals surface area contributed by atoms with Crippen LogP contribution in [0.4, 0.5) is 5.69 Å². The van der Waals surface area contributed by atoms with Gasteiger partial charge in [0.15, 0.2) is 0 Å². The van der Waals surface area contributed by atoms with Gasteiger partial charge in [-0.1, -0.05) is 12.1 Å². The molecule has 5 nitrogen and oxygen atoms in total. The molecule has 0 aliphatic rings. The van der Waals surface area contributed by atoms with E-state index in [4.69, 9.17) is 0 Å². The van der Waals surface area contributed by atoms with Gasteiger partial charge in [0.05, 0.1) is 16.3 Å². The van der Waals surface area contributed by atoms with Crippen molar-refractivity contribution in [3.63, 3.8) is 0 Å². The van der Waals surface area contributed by atoms with Crippen LogP contribution in [0, 0.1) is 0 Å². The molecule has 4 rings (SSSR count). The minimum absolute atomic E-state index is 0.141. The lowest BCUT2D eigenvalue weighted by molar-refractivity contribution is 0.103. The molecule has 7 heteroatoms. The summed E-state index contributed by atoms with van der Waals surface area (Å²) in [6.45, 7) is 0. The van der Waals surface area contributed by atoms with Crippen LogP contribution < -0.4 is 5.32 Å². The molecule has 0 spiro atoms. The lowest BCUT2D eigenvalue weighted by Gasteiger charge is -2.03. The molecule has 1 amide bonds. The van der Waals surface area contributed by atoms with Crippen molar-refractivity contribution in [1.29, 1.82) is 0 Å². The highest BCUT2D eigenvalue weighted by Gasteiger charge is 2.16. The van der Waals surface area contributed by atoms with Crippen molar-refractivity contribution in [1.82, 2.24) is 14.8 Å². The van der Waals surface area contributed by atoms with Gasteiger partial charge in [-0.3, -0.25) is 14.5 Å². The van der Waals surface area contributed by atoms with Crippen molar-refractivity contribution < 1.29 is 4.79 Å². The van der Waals surface area contributed by atoms with E-state index in [9.17, 15) is 4.79 Å². The van der Waals surface area contributed by atoms with Crippen LogP contribution >= 0.6 is 22.7 Å². The third-order valence-electron chi connectivity index (χ3n) is 3.58. The maximum Gasteiger partial charge on any atom is 0.265 e. The lowest BCUT2D eigenvalue weighted by atomic mass is 10.2. The molecular weight excluding hydrogens is 352 g/mol. The van der Waals surface area contributed by atoms with Gasteiger partial charge in [0.25, 0.3) is 5.91 Å². The highest BCUT2D eigenvalue weighted by atomic mass is 32.1. The molecule has 124 valence electrons. The van der Waals surface area contributed by atoms with E-state index < -0.39 is 0 Å². The summed E-state index contributed by atoms with van der Waals surface area (Å²) < 4.78 is 1.67. The fraction of sp³-hybridized carbons (Fsp3) is 0.0556. The summed E-state index contributed by atoms with van der Waals surface area (Å²) in [7, 11) is 1.82. The maximum atomic E-state index is 12.6. The molecule has 0 fully saturated rings. The number of hydrogen-bond acceptors (Lipinski definition) is 5. The number of thiophene rings is 2. The Kier molecular flexibility index (Phi) is 4.17. The topological polar surface area (TPSA) is 59.8 Å². The summed E-state index contributed by atoms with van der Waals surface area (Å²) in [6, 6.07) is 13.5. The van der Waals surface area contributed by atoms with Crippen molar-refractivity contribution in [3.8, 4) is 21.1 Å². The molecule has 0 saturated heterocycles. The highest BCUT2D eigenvalue weighted by molar-refractivity contribution is 7.22. The Morgan fingerprint density at radius 1 is 1.12 bits per heavy atom. The minimum atomic E-state index is -0.141. The molecule has 0 unspecified atom stereocenters. The second-order valence-electron chi connectivity index (χ2n) is 5.38. The number of aromatic nitrogens is 3. The zero-order valence-electron chi connectivity index (χ0n) is 13.3. The Morgan fingerprint density at radius 2 is 2.04 bits per heavy atom. The Labute approximate surface area is 152 Å². The van der Waals surface area contributed by atoms with E-state index in [1.807, 2.05) is 48.8 Å². The quantitative estimate of drug-likeness (QED) is 0.577. The molecule has 0 atom stereocenters. The SMILES string of the molecule is Cn1cc(NC(=O)c2ccc(-c3cccs3)s2)c(-c2ccccn2)n1. The maximum absolute atomic E-state index is 12.6. The number of aryl methyl sites for hydroxylation is 1. The summed E-state index contributed by atoms with van der Waals surface area (Å²) >= 11 is 3.15.